The molecule has 0 amide bonds. The minimum atomic E-state index is -3.64. The first-order chi connectivity index (χ1) is 9.30. The lowest BCUT2D eigenvalue weighted by molar-refractivity contribution is 0.258. The Morgan fingerprint density at radius 2 is 2.15 bits per heavy atom. The molecule has 6 nitrogen and oxygen atoms in total. The fourth-order valence-electron chi connectivity index (χ4n) is 1.70. The molecular formula is C12H19N3O3S2. The first-order valence-electron chi connectivity index (χ1n) is 6.19. The molecule has 20 heavy (non-hydrogen) atoms. The van der Waals surface area contributed by atoms with Crippen LogP contribution in [0.3, 0.4) is 0 Å². The molecule has 1 aromatic heterocycles. The van der Waals surface area contributed by atoms with Crippen LogP contribution < -0.4 is 5.73 Å². The highest BCUT2D eigenvalue weighted by atomic mass is 32.2. The fourth-order valence-corrected chi connectivity index (χ4v) is 3.44. The van der Waals surface area contributed by atoms with Crippen molar-refractivity contribution < 1.29 is 13.5 Å². The summed E-state index contributed by atoms with van der Waals surface area (Å²) in [6.45, 7) is 3.77. The largest absolute Gasteiger partial charge is 0.396 e. The molecule has 0 saturated heterocycles. The smallest absolute Gasteiger partial charge is 0.244 e. The average molecular weight is 317 g/mol. The number of hydrogen-bond donors (Lipinski definition) is 2. The number of aromatic nitrogens is 1. The standard InChI is InChI=1S/C12H19N3O3S2/c1-9(2)15(6-3-7-16)20(17,18)10-4-5-11(12(13)19)14-8-10/h4-5,8-9,16H,3,6-7H2,1-2H3,(H2,13,19). The maximum Gasteiger partial charge on any atom is 0.244 e. The summed E-state index contributed by atoms with van der Waals surface area (Å²) in [6, 6.07) is 2.71. The molecule has 8 heteroatoms. The lowest BCUT2D eigenvalue weighted by Crippen LogP contribution is -2.38. The lowest BCUT2D eigenvalue weighted by atomic mass is 10.3. The molecule has 0 saturated carbocycles. The van der Waals surface area contributed by atoms with Crippen molar-refractivity contribution in [3.05, 3.63) is 24.0 Å². The number of nitrogens with zero attached hydrogens (tertiary/aromatic N) is 2. The van der Waals surface area contributed by atoms with E-state index in [4.69, 9.17) is 23.1 Å². The number of pyridine rings is 1. The van der Waals surface area contributed by atoms with Gasteiger partial charge in [-0.3, -0.25) is 4.98 Å². The van der Waals surface area contributed by atoms with Gasteiger partial charge in [-0.2, -0.15) is 4.31 Å². The van der Waals surface area contributed by atoms with Gasteiger partial charge in [-0.05, 0) is 32.4 Å². The van der Waals surface area contributed by atoms with Crippen LogP contribution in [0.4, 0.5) is 0 Å². The van der Waals surface area contributed by atoms with E-state index in [1.165, 1.54) is 22.6 Å². The van der Waals surface area contributed by atoms with Crippen molar-refractivity contribution in [2.24, 2.45) is 5.73 Å². The number of rotatable bonds is 7. The molecule has 0 atom stereocenters. The fraction of sp³-hybridized carbons (Fsp3) is 0.500. The zero-order valence-electron chi connectivity index (χ0n) is 11.5. The number of sulfonamides is 1. The Bertz CT molecular complexity index is 556. The van der Waals surface area contributed by atoms with E-state index in [1.807, 2.05) is 0 Å². The summed E-state index contributed by atoms with van der Waals surface area (Å²) in [6.07, 6.45) is 1.63. The molecule has 0 aliphatic carbocycles. The Morgan fingerprint density at radius 1 is 1.50 bits per heavy atom. The van der Waals surface area contributed by atoms with E-state index >= 15 is 0 Å². The molecule has 112 valence electrons. The Hall–Kier alpha value is -1.09. The van der Waals surface area contributed by atoms with Crippen LogP contribution in [0.2, 0.25) is 0 Å². The van der Waals surface area contributed by atoms with Gasteiger partial charge in [0.2, 0.25) is 10.0 Å². The average Bonchev–Trinajstić information content (AvgIpc) is 2.38. The van der Waals surface area contributed by atoms with Gasteiger partial charge in [0.05, 0.1) is 5.69 Å². The molecular weight excluding hydrogens is 298 g/mol. The highest BCUT2D eigenvalue weighted by Crippen LogP contribution is 2.18. The van der Waals surface area contributed by atoms with Crippen molar-refractivity contribution in [3.8, 4) is 0 Å². The molecule has 0 radical (unpaired) electrons. The number of nitrogens with two attached hydrogens (primary N) is 1. The summed E-state index contributed by atoms with van der Waals surface area (Å²) in [5.74, 6) is 0. The molecule has 3 N–H and O–H groups in total. The first kappa shape index (κ1) is 17.0. The SMILES string of the molecule is CC(C)N(CCCO)S(=O)(=O)c1ccc(C(N)=S)nc1. The van der Waals surface area contributed by atoms with Crippen LogP contribution in [-0.2, 0) is 10.0 Å². The molecule has 0 fully saturated rings. The van der Waals surface area contributed by atoms with Crippen molar-refractivity contribution in [2.45, 2.75) is 31.2 Å². The molecule has 1 rings (SSSR count). The van der Waals surface area contributed by atoms with Crippen molar-refractivity contribution in [3.63, 3.8) is 0 Å². The van der Waals surface area contributed by atoms with E-state index in [0.29, 0.717) is 12.1 Å². The molecule has 1 aromatic rings. The van der Waals surface area contributed by atoms with E-state index in [2.05, 4.69) is 4.98 Å². The molecule has 0 aliphatic heterocycles. The minimum Gasteiger partial charge on any atom is -0.396 e. The second kappa shape index (κ2) is 7.07. The zero-order valence-corrected chi connectivity index (χ0v) is 13.1. The first-order valence-corrected chi connectivity index (χ1v) is 8.04. The number of aliphatic hydroxyl groups is 1. The monoisotopic (exact) mass is 317 g/mol. The Morgan fingerprint density at radius 3 is 2.55 bits per heavy atom. The highest BCUT2D eigenvalue weighted by molar-refractivity contribution is 7.89. The van der Waals surface area contributed by atoms with E-state index in [-0.39, 0.29) is 29.1 Å². The summed E-state index contributed by atoms with van der Waals surface area (Å²) >= 11 is 4.78. The van der Waals surface area contributed by atoms with Crippen LogP contribution in [0, 0.1) is 0 Å². The third-order valence-electron chi connectivity index (χ3n) is 2.71. The van der Waals surface area contributed by atoms with Crippen LogP contribution in [0.5, 0.6) is 0 Å². The quantitative estimate of drug-likeness (QED) is 0.711. The van der Waals surface area contributed by atoms with Gasteiger partial charge >= 0.3 is 0 Å². The normalized spacial score (nSPS) is 12.1. The van der Waals surface area contributed by atoms with Gasteiger partial charge in [-0.15, -0.1) is 0 Å². The number of thiocarbonyl (C=S) groups is 1. The van der Waals surface area contributed by atoms with Crippen LogP contribution in [0.25, 0.3) is 0 Å². The van der Waals surface area contributed by atoms with Gasteiger partial charge in [0.25, 0.3) is 0 Å². The Kier molecular flexibility index (Phi) is 6.00. The Balaban J connectivity index is 3.09. The van der Waals surface area contributed by atoms with Crippen LogP contribution >= 0.6 is 12.2 Å². The summed E-state index contributed by atoms with van der Waals surface area (Å²) in [4.78, 5) is 4.15. The van der Waals surface area contributed by atoms with E-state index < -0.39 is 10.0 Å². The van der Waals surface area contributed by atoms with Crippen molar-refractivity contribution in [1.82, 2.24) is 9.29 Å². The van der Waals surface area contributed by atoms with Gasteiger partial charge in [0, 0.05) is 25.4 Å². The summed E-state index contributed by atoms with van der Waals surface area (Å²) in [5.41, 5.74) is 5.81. The maximum absolute atomic E-state index is 12.5. The predicted octanol–water partition coefficient (Wildman–Crippen LogP) is 0.497. The molecule has 0 aromatic carbocycles. The van der Waals surface area contributed by atoms with Gasteiger partial charge in [0.15, 0.2) is 0 Å². The molecule has 0 aliphatic rings. The second-order valence-electron chi connectivity index (χ2n) is 4.53. The highest BCUT2D eigenvalue weighted by Gasteiger charge is 2.26. The topological polar surface area (TPSA) is 96.5 Å². The van der Waals surface area contributed by atoms with E-state index in [1.54, 1.807) is 13.8 Å². The maximum atomic E-state index is 12.5. The van der Waals surface area contributed by atoms with Crippen LogP contribution in [0.15, 0.2) is 23.2 Å². The summed E-state index contributed by atoms with van der Waals surface area (Å²) in [7, 11) is -3.64. The van der Waals surface area contributed by atoms with Crippen molar-refractivity contribution in [1.29, 1.82) is 0 Å². The van der Waals surface area contributed by atoms with E-state index in [0.717, 1.165) is 0 Å². The van der Waals surface area contributed by atoms with Crippen LogP contribution in [-0.4, -0.2) is 47.0 Å². The zero-order chi connectivity index (χ0) is 15.3. The van der Waals surface area contributed by atoms with Crippen molar-refractivity contribution >= 4 is 27.2 Å². The predicted molar refractivity (Wildman–Crippen MR) is 80.9 cm³/mol. The number of aliphatic hydroxyl groups excluding tert-OH is 1. The van der Waals surface area contributed by atoms with Gasteiger partial charge in [0.1, 0.15) is 9.88 Å². The second-order valence-corrected chi connectivity index (χ2v) is 6.86. The third kappa shape index (κ3) is 3.95. The summed E-state index contributed by atoms with van der Waals surface area (Å²) in [5, 5.41) is 8.87. The Labute approximate surface area is 124 Å². The molecule has 0 unspecified atom stereocenters. The van der Waals surface area contributed by atoms with Crippen LogP contribution in [0.1, 0.15) is 26.0 Å². The number of hydrogen-bond acceptors (Lipinski definition) is 5. The molecule has 0 spiro atoms. The van der Waals surface area contributed by atoms with E-state index in [9.17, 15) is 8.42 Å². The summed E-state index contributed by atoms with van der Waals surface area (Å²) < 4.78 is 26.3. The van der Waals surface area contributed by atoms with Gasteiger partial charge < -0.3 is 10.8 Å². The third-order valence-corrected chi connectivity index (χ3v) is 4.98. The van der Waals surface area contributed by atoms with Gasteiger partial charge in [-0.1, -0.05) is 12.2 Å². The lowest BCUT2D eigenvalue weighted by Gasteiger charge is -2.25. The molecule has 1 heterocycles. The van der Waals surface area contributed by atoms with Gasteiger partial charge in [-0.25, -0.2) is 8.42 Å². The minimum absolute atomic E-state index is 0.0582. The molecule has 0 bridgehead atoms. The van der Waals surface area contributed by atoms with Crippen molar-refractivity contribution in [2.75, 3.05) is 13.2 Å².